The summed E-state index contributed by atoms with van der Waals surface area (Å²) in [5.74, 6) is 1.22. The molecule has 0 aromatic heterocycles. The van der Waals surface area contributed by atoms with Gasteiger partial charge < -0.3 is 19.7 Å². The zero-order valence-electron chi connectivity index (χ0n) is 17.9. The van der Waals surface area contributed by atoms with Crippen LogP contribution in [0.15, 0.2) is 42.5 Å². The molecule has 1 aliphatic heterocycles. The number of nitrogens with one attached hydrogen (secondary N) is 2. The predicted molar refractivity (Wildman–Crippen MR) is 120 cm³/mol. The summed E-state index contributed by atoms with van der Waals surface area (Å²) in [6, 6.07) is 13.7. The van der Waals surface area contributed by atoms with E-state index < -0.39 is 0 Å². The summed E-state index contributed by atoms with van der Waals surface area (Å²) in [5.41, 5.74) is 1.90. The minimum atomic E-state index is -0.0560. The van der Waals surface area contributed by atoms with Gasteiger partial charge in [-0.25, -0.2) is 0 Å². The number of ether oxygens (including phenoxy) is 2. The summed E-state index contributed by atoms with van der Waals surface area (Å²) < 4.78 is 11.2. The minimum Gasteiger partial charge on any atom is -0.493 e. The number of carbonyl (C=O) groups is 1. The maximum absolute atomic E-state index is 12.7. The van der Waals surface area contributed by atoms with Crippen molar-refractivity contribution in [1.82, 2.24) is 5.32 Å². The molecule has 0 unspecified atom stereocenters. The van der Waals surface area contributed by atoms with Crippen LogP contribution in [-0.2, 0) is 6.54 Å². The van der Waals surface area contributed by atoms with Crippen molar-refractivity contribution in [2.24, 2.45) is 0 Å². The number of quaternary nitrogens is 1. The van der Waals surface area contributed by atoms with E-state index in [1.54, 1.807) is 19.2 Å². The van der Waals surface area contributed by atoms with E-state index in [-0.39, 0.29) is 11.9 Å². The lowest BCUT2D eigenvalue weighted by Gasteiger charge is -2.30. The average molecular weight is 432 g/mol. The lowest BCUT2D eigenvalue weighted by atomic mass is 10.0. The van der Waals surface area contributed by atoms with Gasteiger partial charge in [0.1, 0.15) is 6.54 Å². The van der Waals surface area contributed by atoms with Crippen LogP contribution in [0.2, 0.25) is 5.02 Å². The fraction of sp³-hybridized carbons (Fsp3) is 0.458. The maximum Gasteiger partial charge on any atom is 0.251 e. The third-order valence-electron chi connectivity index (χ3n) is 5.58. The van der Waals surface area contributed by atoms with Gasteiger partial charge in [0, 0.05) is 35.0 Å². The number of likely N-dealkylation sites (tertiary alicyclic amines) is 1. The molecule has 6 heteroatoms. The van der Waals surface area contributed by atoms with Crippen LogP contribution in [0.4, 0.5) is 0 Å². The Morgan fingerprint density at radius 3 is 2.53 bits per heavy atom. The second-order valence-corrected chi connectivity index (χ2v) is 8.31. The Morgan fingerprint density at radius 1 is 1.13 bits per heavy atom. The first-order valence-electron chi connectivity index (χ1n) is 10.8. The molecule has 162 valence electrons. The maximum atomic E-state index is 12.7. The Labute approximate surface area is 184 Å². The second kappa shape index (κ2) is 11.2. The predicted octanol–water partition coefficient (Wildman–Crippen LogP) is 3.50. The van der Waals surface area contributed by atoms with Gasteiger partial charge >= 0.3 is 0 Å². The largest absolute Gasteiger partial charge is 0.493 e. The Bertz CT molecular complexity index is 818. The molecule has 30 heavy (non-hydrogen) atoms. The number of halogens is 1. The quantitative estimate of drug-likeness (QED) is 0.597. The lowest BCUT2D eigenvalue weighted by Crippen LogP contribution is -3.12. The van der Waals surface area contributed by atoms with E-state index in [2.05, 4.69) is 24.4 Å². The molecule has 0 atom stereocenters. The lowest BCUT2D eigenvalue weighted by molar-refractivity contribution is -0.918. The van der Waals surface area contributed by atoms with E-state index in [1.165, 1.54) is 10.5 Å². The van der Waals surface area contributed by atoms with Crippen LogP contribution in [0.3, 0.4) is 0 Å². The number of benzene rings is 2. The third-order valence-corrected chi connectivity index (χ3v) is 5.83. The van der Waals surface area contributed by atoms with Crippen molar-refractivity contribution in [1.29, 1.82) is 0 Å². The van der Waals surface area contributed by atoms with Crippen molar-refractivity contribution < 1.29 is 19.2 Å². The summed E-state index contributed by atoms with van der Waals surface area (Å²) in [7, 11) is 1.60. The summed E-state index contributed by atoms with van der Waals surface area (Å²) in [6.45, 7) is 5.85. The number of unbranched alkanes of at least 4 members (excludes halogenated alkanes) is 1. The van der Waals surface area contributed by atoms with Crippen molar-refractivity contribution in [3.8, 4) is 11.5 Å². The molecule has 5 nitrogen and oxygen atoms in total. The molecule has 1 aliphatic rings. The average Bonchev–Trinajstić information content (AvgIpc) is 2.77. The molecule has 1 amide bonds. The van der Waals surface area contributed by atoms with E-state index in [1.807, 2.05) is 18.2 Å². The fourth-order valence-electron chi connectivity index (χ4n) is 3.76. The van der Waals surface area contributed by atoms with Crippen molar-refractivity contribution >= 4 is 17.5 Å². The van der Waals surface area contributed by atoms with Crippen LogP contribution in [0.5, 0.6) is 11.5 Å². The van der Waals surface area contributed by atoms with Gasteiger partial charge in [-0.15, -0.1) is 0 Å². The Morgan fingerprint density at radius 2 is 1.87 bits per heavy atom. The topological polar surface area (TPSA) is 52.0 Å². The molecule has 2 N–H and O–H groups in total. The molecule has 0 spiro atoms. The van der Waals surface area contributed by atoms with E-state index in [4.69, 9.17) is 21.1 Å². The first-order valence-corrected chi connectivity index (χ1v) is 11.2. The van der Waals surface area contributed by atoms with Gasteiger partial charge in [-0.2, -0.15) is 0 Å². The molecular formula is C24H32ClN2O3+. The molecule has 0 aliphatic carbocycles. The van der Waals surface area contributed by atoms with Crippen LogP contribution in [0, 0.1) is 0 Å². The molecule has 2 aromatic carbocycles. The van der Waals surface area contributed by atoms with Crippen molar-refractivity contribution in [2.45, 2.75) is 45.2 Å². The third kappa shape index (κ3) is 6.38. The van der Waals surface area contributed by atoms with Gasteiger partial charge in [-0.05, 0) is 36.8 Å². The zero-order valence-corrected chi connectivity index (χ0v) is 18.6. The Hall–Kier alpha value is -2.24. The molecule has 1 heterocycles. The van der Waals surface area contributed by atoms with Crippen molar-refractivity contribution in [3.05, 3.63) is 58.6 Å². The highest BCUT2D eigenvalue weighted by Gasteiger charge is 2.24. The number of hydrogen-bond donors (Lipinski definition) is 2. The van der Waals surface area contributed by atoms with E-state index in [0.29, 0.717) is 23.7 Å². The van der Waals surface area contributed by atoms with Gasteiger partial charge in [0.2, 0.25) is 0 Å². The van der Waals surface area contributed by atoms with Crippen molar-refractivity contribution in [2.75, 3.05) is 26.8 Å². The normalized spacial score (nSPS) is 18.6. The molecule has 1 saturated heterocycles. The van der Waals surface area contributed by atoms with Crippen LogP contribution in [0.1, 0.15) is 48.5 Å². The van der Waals surface area contributed by atoms with Crippen LogP contribution in [-0.4, -0.2) is 38.8 Å². The monoisotopic (exact) mass is 431 g/mol. The Kier molecular flexibility index (Phi) is 8.40. The minimum absolute atomic E-state index is 0.0560. The second-order valence-electron chi connectivity index (χ2n) is 7.87. The first-order chi connectivity index (χ1) is 14.6. The smallest absolute Gasteiger partial charge is 0.251 e. The van der Waals surface area contributed by atoms with Gasteiger partial charge in [0.15, 0.2) is 11.5 Å². The number of carbonyl (C=O) groups excluding carboxylic acids is 1. The molecule has 0 bridgehead atoms. The number of methoxy groups -OCH3 is 1. The SMILES string of the molecule is CCCCOc1ccc(C(=O)NC2CC[NH+](Cc3ccc(Cl)cc3)CC2)cc1OC. The zero-order chi connectivity index (χ0) is 21.3. The van der Waals surface area contributed by atoms with Crippen LogP contribution >= 0.6 is 11.6 Å². The van der Waals surface area contributed by atoms with Crippen molar-refractivity contribution in [3.63, 3.8) is 0 Å². The summed E-state index contributed by atoms with van der Waals surface area (Å²) in [5, 5.41) is 3.95. The molecule has 0 saturated carbocycles. The first kappa shape index (κ1) is 22.4. The Balaban J connectivity index is 1.49. The van der Waals surface area contributed by atoms with Gasteiger partial charge in [0.25, 0.3) is 5.91 Å². The highest BCUT2D eigenvalue weighted by molar-refractivity contribution is 6.30. The van der Waals surface area contributed by atoms with Gasteiger partial charge in [0.05, 0.1) is 26.8 Å². The molecular weight excluding hydrogens is 400 g/mol. The summed E-state index contributed by atoms with van der Waals surface area (Å²) in [4.78, 5) is 14.3. The summed E-state index contributed by atoms with van der Waals surface area (Å²) in [6.07, 6.45) is 4.02. The molecule has 3 rings (SSSR count). The molecule has 2 aromatic rings. The van der Waals surface area contributed by atoms with E-state index in [0.717, 1.165) is 50.3 Å². The number of amides is 1. The fourth-order valence-corrected chi connectivity index (χ4v) is 3.89. The highest BCUT2D eigenvalue weighted by atomic mass is 35.5. The summed E-state index contributed by atoms with van der Waals surface area (Å²) >= 11 is 5.97. The van der Waals surface area contributed by atoms with E-state index in [9.17, 15) is 4.79 Å². The molecule has 1 fully saturated rings. The van der Waals surface area contributed by atoms with Crippen LogP contribution < -0.4 is 19.7 Å². The standard InChI is InChI=1S/C24H31ClN2O3/c1-3-4-15-30-22-10-7-19(16-23(22)29-2)24(28)26-21-11-13-27(14-12-21)17-18-5-8-20(25)9-6-18/h5-10,16,21H,3-4,11-15,17H2,1-2H3,(H,26,28)/p+1. The number of rotatable bonds is 9. The molecule has 0 radical (unpaired) electrons. The van der Waals surface area contributed by atoms with Crippen LogP contribution in [0.25, 0.3) is 0 Å². The number of hydrogen-bond acceptors (Lipinski definition) is 3. The highest BCUT2D eigenvalue weighted by Crippen LogP contribution is 2.28. The van der Waals surface area contributed by atoms with E-state index >= 15 is 0 Å². The van der Waals surface area contributed by atoms with Gasteiger partial charge in [-0.1, -0.05) is 37.1 Å². The van der Waals surface area contributed by atoms with Gasteiger partial charge in [-0.3, -0.25) is 4.79 Å². The number of piperidine rings is 1.